The summed E-state index contributed by atoms with van der Waals surface area (Å²) in [6.07, 6.45) is 0.560. The molecule has 0 saturated heterocycles. The van der Waals surface area contributed by atoms with Gasteiger partial charge in [0.15, 0.2) is 18.1 Å². The van der Waals surface area contributed by atoms with Crippen molar-refractivity contribution in [3.8, 4) is 11.5 Å². The van der Waals surface area contributed by atoms with E-state index in [1.807, 2.05) is 19.1 Å². The van der Waals surface area contributed by atoms with Crippen LogP contribution in [-0.4, -0.2) is 31.8 Å². The minimum Gasteiger partial charge on any atom is -0.493 e. The molecule has 0 aliphatic heterocycles. The van der Waals surface area contributed by atoms with Gasteiger partial charge in [-0.1, -0.05) is 0 Å². The van der Waals surface area contributed by atoms with Crippen molar-refractivity contribution in [3.63, 3.8) is 0 Å². The van der Waals surface area contributed by atoms with Crippen LogP contribution in [0.5, 0.6) is 11.5 Å². The maximum Gasteiger partial charge on any atom is 0.344 e. The molecule has 0 fully saturated rings. The lowest BCUT2D eigenvalue weighted by atomic mass is 10.1. The Balaban J connectivity index is 2.84. The van der Waals surface area contributed by atoms with Crippen molar-refractivity contribution >= 4 is 21.9 Å². The van der Waals surface area contributed by atoms with Crippen LogP contribution in [0, 0.1) is 0 Å². The zero-order chi connectivity index (χ0) is 16.0. The van der Waals surface area contributed by atoms with Crippen LogP contribution in [0.3, 0.4) is 0 Å². The van der Waals surface area contributed by atoms with Gasteiger partial charge in [-0.05, 0) is 60.8 Å². The monoisotopic (exact) mass is 359 g/mol. The number of ether oxygens (including phenoxy) is 3. The number of hydrogen-bond acceptors (Lipinski definition) is 5. The third-order valence-electron chi connectivity index (χ3n) is 2.55. The summed E-state index contributed by atoms with van der Waals surface area (Å²) >= 11 is 3.43. The Labute approximate surface area is 133 Å². The highest BCUT2D eigenvalue weighted by atomic mass is 79.9. The number of rotatable bonds is 7. The Morgan fingerprint density at radius 1 is 1.33 bits per heavy atom. The molecule has 1 rings (SSSR count). The van der Waals surface area contributed by atoms with E-state index in [9.17, 15) is 4.79 Å². The maximum absolute atomic E-state index is 11.5. The van der Waals surface area contributed by atoms with Gasteiger partial charge in [-0.25, -0.2) is 4.79 Å². The first kappa shape index (κ1) is 17.8. The van der Waals surface area contributed by atoms with Crippen molar-refractivity contribution in [1.29, 1.82) is 0 Å². The second-order valence-corrected chi connectivity index (χ2v) is 5.97. The first-order valence-electron chi connectivity index (χ1n) is 6.77. The molecule has 0 aliphatic rings. The van der Waals surface area contributed by atoms with Gasteiger partial charge in [0.25, 0.3) is 0 Å². The molecule has 21 heavy (non-hydrogen) atoms. The number of benzene rings is 1. The summed E-state index contributed by atoms with van der Waals surface area (Å²) in [5.41, 5.74) is 6.83. The predicted octanol–water partition coefficient (Wildman–Crippen LogP) is 2.68. The molecule has 0 aliphatic carbocycles. The van der Waals surface area contributed by atoms with E-state index in [0.717, 1.165) is 16.5 Å². The molecule has 0 bridgehead atoms. The summed E-state index contributed by atoms with van der Waals surface area (Å²) in [6, 6.07) is 3.82. The number of esters is 1. The van der Waals surface area contributed by atoms with Crippen LogP contribution in [0.2, 0.25) is 0 Å². The van der Waals surface area contributed by atoms with Gasteiger partial charge in [-0.3, -0.25) is 0 Å². The second kappa shape index (κ2) is 8.24. The number of halogens is 1. The standard InChI is InChI=1S/C15H22BrNO4/c1-9(2)21-14(18)8-20-15-12(16)6-11(5-10(3)17)7-13(15)19-4/h6-7,9-10H,5,8,17H2,1-4H3. The number of methoxy groups -OCH3 is 1. The maximum atomic E-state index is 11.5. The number of carbonyl (C=O) groups excluding carboxylic acids is 1. The average Bonchev–Trinajstić information content (AvgIpc) is 2.35. The molecule has 0 aromatic heterocycles. The summed E-state index contributed by atoms with van der Waals surface area (Å²) in [4.78, 5) is 11.5. The van der Waals surface area contributed by atoms with Gasteiger partial charge in [0.05, 0.1) is 17.7 Å². The highest BCUT2D eigenvalue weighted by Crippen LogP contribution is 2.37. The molecule has 2 N–H and O–H groups in total. The van der Waals surface area contributed by atoms with Gasteiger partial charge in [-0.15, -0.1) is 0 Å². The van der Waals surface area contributed by atoms with Gasteiger partial charge in [-0.2, -0.15) is 0 Å². The fourth-order valence-electron chi connectivity index (χ4n) is 1.83. The van der Waals surface area contributed by atoms with Crippen LogP contribution in [0.1, 0.15) is 26.3 Å². The Kier molecular flexibility index (Phi) is 6.98. The number of nitrogens with two attached hydrogens (primary N) is 1. The Morgan fingerprint density at radius 2 is 2.00 bits per heavy atom. The quantitative estimate of drug-likeness (QED) is 0.757. The van der Waals surface area contributed by atoms with E-state index >= 15 is 0 Å². The second-order valence-electron chi connectivity index (χ2n) is 5.12. The average molecular weight is 360 g/mol. The van der Waals surface area contributed by atoms with E-state index in [2.05, 4.69) is 15.9 Å². The van der Waals surface area contributed by atoms with Crippen LogP contribution in [0.4, 0.5) is 0 Å². The summed E-state index contributed by atoms with van der Waals surface area (Å²) < 4.78 is 16.6. The molecule has 118 valence electrons. The molecule has 1 atom stereocenters. The van der Waals surface area contributed by atoms with Crippen molar-refractivity contribution in [2.75, 3.05) is 13.7 Å². The van der Waals surface area contributed by atoms with Gasteiger partial charge < -0.3 is 19.9 Å². The smallest absolute Gasteiger partial charge is 0.344 e. The summed E-state index contributed by atoms with van der Waals surface area (Å²) in [6.45, 7) is 5.35. The highest BCUT2D eigenvalue weighted by Gasteiger charge is 2.15. The largest absolute Gasteiger partial charge is 0.493 e. The lowest BCUT2D eigenvalue weighted by Crippen LogP contribution is -2.19. The summed E-state index contributed by atoms with van der Waals surface area (Å²) in [7, 11) is 1.55. The molecule has 0 radical (unpaired) electrons. The van der Waals surface area contributed by atoms with Gasteiger partial charge in [0, 0.05) is 6.04 Å². The van der Waals surface area contributed by atoms with Crippen LogP contribution < -0.4 is 15.2 Å². The van der Waals surface area contributed by atoms with Crippen LogP contribution >= 0.6 is 15.9 Å². The molecule has 1 unspecified atom stereocenters. The zero-order valence-corrected chi connectivity index (χ0v) is 14.4. The zero-order valence-electron chi connectivity index (χ0n) is 12.8. The van der Waals surface area contributed by atoms with Crippen LogP contribution in [0.25, 0.3) is 0 Å². The third-order valence-corrected chi connectivity index (χ3v) is 3.14. The molecule has 0 amide bonds. The molecule has 5 nitrogen and oxygen atoms in total. The Bertz CT molecular complexity index is 489. The SMILES string of the molecule is COc1cc(CC(C)N)cc(Br)c1OCC(=O)OC(C)C. The number of carbonyl (C=O) groups is 1. The van der Waals surface area contributed by atoms with Crippen molar-refractivity contribution in [2.24, 2.45) is 5.73 Å². The summed E-state index contributed by atoms with van der Waals surface area (Å²) in [5.74, 6) is 0.614. The first-order chi connectivity index (χ1) is 9.83. The van der Waals surface area contributed by atoms with Gasteiger partial charge in [0.2, 0.25) is 0 Å². The third kappa shape index (κ3) is 5.93. The summed E-state index contributed by atoms with van der Waals surface area (Å²) in [5, 5.41) is 0. The highest BCUT2D eigenvalue weighted by molar-refractivity contribution is 9.10. The van der Waals surface area contributed by atoms with E-state index in [1.54, 1.807) is 21.0 Å². The molecule has 6 heteroatoms. The Hall–Kier alpha value is -1.27. The normalized spacial score (nSPS) is 12.1. The molecule has 1 aromatic rings. The van der Waals surface area contributed by atoms with Gasteiger partial charge in [0.1, 0.15) is 0 Å². The predicted molar refractivity (Wildman–Crippen MR) is 84.8 cm³/mol. The van der Waals surface area contributed by atoms with E-state index in [4.69, 9.17) is 19.9 Å². The number of hydrogen-bond donors (Lipinski definition) is 1. The molecule has 1 aromatic carbocycles. The fraction of sp³-hybridized carbons (Fsp3) is 0.533. The molecular weight excluding hydrogens is 338 g/mol. The van der Waals surface area contributed by atoms with E-state index in [-0.39, 0.29) is 18.8 Å². The molecule has 0 saturated carbocycles. The van der Waals surface area contributed by atoms with Crippen LogP contribution in [-0.2, 0) is 16.0 Å². The molecular formula is C15H22BrNO4. The van der Waals surface area contributed by atoms with Crippen LogP contribution in [0.15, 0.2) is 16.6 Å². The minimum absolute atomic E-state index is 0.0504. The van der Waals surface area contributed by atoms with E-state index in [0.29, 0.717) is 11.5 Å². The van der Waals surface area contributed by atoms with Crippen molar-refractivity contribution in [2.45, 2.75) is 39.3 Å². The molecule has 0 heterocycles. The topological polar surface area (TPSA) is 70.8 Å². The molecule has 0 spiro atoms. The fourth-order valence-corrected chi connectivity index (χ4v) is 2.43. The van der Waals surface area contributed by atoms with Gasteiger partial charge >= 0.3 is 5.97 Å². The van der Waals surface area contributed by atoms with Crippen molar-refractivity contribution in [3.05, 3.63) is 22.2 Å². The minimum atomic E-state index is -0.418. The first-order valence-corrected chi connectivity index (χ1v) is 7.57. The Morgan fingerprint density at radius 3 is 2.52 bits per heavy atom. The van der Waals surface area contributed by atoms with E-state index < -0.39 is 5.97 Å². The van der Waals surface area contributed by atoms with Crippen molar-refractivity contribution < 1.29 is 19.0 Å². The lowest BCUT2D eigenvalue weighted by Gasteiger charge is -2.15. The van der Waals surface area contributed by atoms with E-state index in [1.165, 1.54) is 0 Å². The van der Waals surface area contributed by atoms with Crippen molar-refractivity contribution in [1.82, 2.24) is 0 Å². The lowest BCUT2D eigenvalue weighted by molar-refractivity contribution is -0.149.